The Bertz CT molecular complexity index is 451. The van der Waals surface area contributed by atoms with Gasteiger partial charge in [-0.2, -0.15) is 0 Å². The Kier molecular flexibility index (Phi) is 3.66. The van der Waals surface area contributed by atoms with Gasteiger partial charge in [0.25, 0.3) is 0 Å². The van der Waals surface area contributed by atoms with Crippen molar-refractivity contribution < 1.29 is 19.8 Å². The lowest BCUT2D eigenvalue weighted by molar-refractivity contribution is -0.131. The predicted molar refractivity (Wildman–Crippen MR) is 59.1 cm³/mol. The zero-order valence-electron chi connectivity index (χ0n) is 8.60. The molecule has 0 bridgehead atoms. The van der Waals surface area contributed by atoms with Crippen LogP contribution in [0.15, 0.2) is 24.3 Å². The maximum absolute atomic E-state index is 10.8. The molecule has 0 saturated heterocycles. The summed E-state index contributed by atoms with van der Waals surface area (Å²) in [5.74, 6) is -1.44. The Balaban J connectivity index is 2.97. The lowest BCUT2D eigenvalue weighted by Crippen LogP contribution is -2.05. The number of carbonyl (C=O) groups is 2. The number of carboxylic acid groups (broad SMARTS) is 1. The molecule has 0 spiro atoms. The summed E-state index contributed by atoms with van der Waals surface area (Å²) >= 11 is 0. The minimum absolute atomic E-state index is 0.0670. The van der Waals surface area contributed by atoms with Crippen LogP contribution in [0.25, 0.3) is 6.08 Å². The second-order valence-electron chi connectivity index (χ2n) is 3.13. The molecule has 0 aliphatic rings. The van der Waals surface area contributed by atoms with Gasteiger partial charge in [0.2, 0.25) is 5.91 Å². The average Bonchev–Trinajstić information content (AvgIpc) is 2.18. The van der Waals surface area contributed by atoms with Crippen LogP contribution in [0.3, 0.4) is 0 Å². The van der Waals surface area contributed by atoms with Gasteiger partial charge in [-0.15, -0.1) is 0 Å². The molecular formula is C11H11NO4. The summed E-state index contributed by atoms with van der Waals surface area (Å²) < 4.78 is 0. The first kappa shape index (κ1) is 11.8. The number of anilines is 1. The van der Waals surface area contributed by atoms with Crippen LogP contribution in [0.5, 0.6) is 5.75 Å². The van der Waals surface area contributed by atoms with Crippen molar-refractivity contribution in [2.75, 3.05) is 5.32 Å². The molecule has 0 aliphatic heterocycles. The van der Waals surface area contributed by atoms with E-state index >= 15 is 0 Å². The largest absolute Gasteiger partial charge is 0.506 e. The van der Waals surface area contributed by atoms with E-state index in [1.54, 1.807) is 6.07 Å². The monoisotopic (exact) mass is 221 g/mol. The zero-order valence-corrected chi connectivity index (χ0v) is 8.60. The smallest absolute Gasteiger partial charge is 0.328 e. The van der Waals surface area contributed by atoms with Gasteiger partial charge in [-0.25, -0.2) is 4.79 Å². The second kappa shape index (κ2) is 4.97. The van der Waals surface area contributed by atoms with E-state index in [4.69, 9.17) is 5.11 Å². The van der Waals surface area contributed by atoms with Crippen LogP contribution in [0, 0.1) is 0 Å². The van der Waals surface area contributed by atoms with Crippen LogP contribution in [-0.2, 0) is 9.59 Å². The van der Waals surface area contributed by atoms with Crippen molar-refractivity contribution in [3.8, 4) is 5.75 Å². The SMILES string of the molecule is CC(=O)Nc1cc(/C=C/C(=O)O)ccc1O. The molecule has 5 nitrogen and oxygen atoms in total. The maximum atomic E-state index is 10.8. The van der Waals surface area contributed by atoms with E-state index in [-0.39, 0.29) is 17.3 Å². The lowest BCUT2D eigenvalue weighted by atomic mass is 10.1. The number of amides is 1. The predicted octanol–water partition coefficient (Wildman–Crippen LogP) is 1.45. The standard InChI is InChI=1S/C11H11NO4/c1-7(13)12-9-6-8(2-4-10(9)14)3-5-11(15)16/h2-6,14H,1H3,(H,12,13)(H,15,16)/b5-3+. The van der Waals surface area contributed by atoms with Crippen molar-refractivity contribution in [3.63, 3.8) is 0 Å². The van der Waals surface area contributed by atoms with E-state index in [2.05, 4.69) is 5.32 Å². The van der Waals surface area contributed by atoms with Crippen molar-refractivity contribution in [1.82, 2.24) is 0 Å². The van der Waals surface area contributed by atoms with Gasteiger partial charge in [0.1, 0.15) is 5.75 Å². The second-order valence-corrected chi connectivity index (χ2v) is 3.13. The van der Waals surface area contributed by atoms with Crippen molar-refractivity contribution in [3.05, 3.63) is 29.8 Å². The molecule has 1 aromatic rings. The summed E-state index contributed by atoms with van der Waals surface area (Å²) in [6.45, 7) is 1.32. The summed E-state index contributed by atoms with van der Waals surface area (Å²) in [4.78, 5) is 21.1. The number of carboxylic acids is 1. The molecule has 3 N–H and O–H groups in total. The molecule has 5 heteroatoms. The zero-order chi connectivity index (χ0) is 12.1. The van der Waals surface area contributed by atoms with Crippen LogP contribution >= 0.6 is 0 Å². The van der Waals surface area contributed by atoms with Crippen LogP contribution in [-0.4, -0.2) is 22.1 Å². The fourth-order valence-corrected chi connectivity index (χ4v) is 1.11. The van der Waals surface area contributed by atoms with Crippen LogP contribution in [0.2, 0.25) is 0 Å². The number of aromatic hydroxyl groups is 1. The third-order valence-corrected chi connectivity index (χ3v) is 1.75. The fraction of sp³-hybridized carbons (Fsp3) is 0.0909. The van der Waals surface area contributed by atoms with E-state index in [9.17, 15) is 14.7 Å². The number of rotatable bonds is 3. The van der Waals surface area contributed by atoms with Crippen LogP contribution in [0.4, 0.5) is 5.69 Å². The van der Waals surface area contributed by atoms with Crippen molar-refractivity contribution >= 4 is 23.6 Å². The van der Waals surface area contributed by atoms with E-state index in [1.165, 1.54) is 25.1 Å². The average molecular weight is 221 g/mol. The van der Waals surface area contributed by atoms with Gasteiger partial charge in [0.05, 0.1) is 5.69 Å². The molecule has 1 aromatic carbocycles. The highest BCUT2D eigenvalue weighted by Gasteiger charge is 2.03. The van der Waals surface area contributed by atoms with E-state index in [0.717, 1.165) is 6.08 Å². The van der Waals surface area contributed by atoms with Gasteiger partial charge in [0, 0.05) is 13.0 Å². The number of nitrogens with one attached hydrogen (secondary N) is 1. The molecule has 0 atom stereocenters. The minimum atomic E-state index is -1.06. The minimum Gasteiger partial charge on any atom is -0.506 e. The van der Waals surface area contributed by atoms with Gasteiger partial charge in [-0.1, -0.05) is 6.07 Å². The first-order chi connectivity index (χ1) is 7.49. The van der Waals surface area contributed by atoms with Gasteiger partial charge < -0.3 is 15.5 Å². The first-order valence-electron chi connectivity index (χ1n) is 4.50. The first-order valence-corrected chi connectivity index (χ1v) is 4.50. The number of phenols is 1. The van der Waals surface area contributed by atoms with E-state index in [1.807, 2.05) is 0 Å². The quantitative estimate of drug-likeness (QED) is 0.532. The van der Waals surface area contributed by atoms with Crippen molar-refractivity contribution in [2.45, 2.75) is 6.92 Å². The molecule has 0 unspecified atom stereocenters. The number of phenolic OH excluding ortho intramolecular Hbond substituents is 1. The van der Waals surface area contributed by atoms with Gasteiger partial charge in [0.15, 0.2) is 0 Å². The summed E-state index contributed by atoms with van der Waals surface area (Å²) in [6, 6.07) is 4.41. The summed E-state index contributed by atoms with van der Waals surface area (Å²) in [5.41, 5.74) is 0.823. The molecule has 0 radical (unpaired) electrons. The highest BCUT2D eigenvalue weighted by molar-refractivity contribution is 5.91. The highest BCUT2D eigenvalue weighted by atomic mass is 16.4. The summed E-state index contributed by atoms with van der Waals surface area (Å²) in [6.07, 6.45) is 2.34. The Labute approximate surface area is 92.0 Å². The highest BCUT2D eigenvalue weighted by Crippen LogP contribution is 2.24. The molecule has 0 saturated carbocycles. The van der Waals surface area contributed by atoms with Crippen molar-refractivity contribution in [2.24, 2.45) is 0 Å². The molecule has 1 rings (SSSR count). The Morgan fingerprint density at radius 1 is 1.38 bits per heavy atom. The Hall–Kier alpha value is -2.30. The molecule has 0 fully saturated rings. The maximum Gasteiger partial charge on any atom is 0.328 e. The molecule has 16 heavy (non-hydrogen) atoms. The number of hydrogen-bond acceptors (Lipinski definition) is 3. The molecule has 0 heterocycles. The lowest BCUT2D eigenvalue weighted by Gasteiger charge is -2.05. The third kappa shape index (κ3) is 3.45. The Morgan fingerprint density at radius 3 is 2.62 bits per heavy atom. The third-order valence-electron chi connectivity index (χ3n) is 1.75. The number of benzene rings is 1. The van der Waals surface area contributed by atoms with Gasteiger partial charge in [-0.3, -0.25) is 4.79 Å². The number of aliphatic carboxylic acids is 1. The van der Waals surface area contributed by atoms with Crippen LogP contribution < -0.4 is 5.32 Å². The Morgan fingerprint density at radius 2 is 2.06 bits per heavy atom. The van der Waals surface area contributed by atoms with E-state index in [0.29, 0.717) is 5.56 Å². The summed E-state index contributed by atoms with van der Waals surface area (Å²) in [7, 11) is 0. The molecule has 0 aliphatic carbocycles. The van der Waals surface area contributed by atoms with Crippen LogP contribution in [0.1, 0.15) is 12.5 Å². The molecule has 0 aromatic heterocycles. The fourth-order valence-electron chi connectivity index (χ4n) is 1.11. The summed E-state index contributed by atoms with van der Waals surface area (Å²) in [5, 5.41) is 20.3. The number of hydrogen-bond donors (Lipinski definition) is 3. The number of carbonyl (C=O) groups excluding carboxylic acids is 1. The van der Waals surface area contributed by atoms with Gasteiger partial charge >= 0.3 is 5.97 Å². The topological polar surface area (TPSA) is 86.6 Å². The molecular weight excluding hydrogens is 210 g/mol. The normalized spacial score (nSPS) is 10.3. The van der Waals surface area contributed by atoms with Crippen molar-refractivity contribution in [1.29, 1.82) is 0 Å². The molecule has 1 amide bonds. The van der Waals surface area contributed by atoms with Gasteiger partial charge in [-0.05, 0) is 23.8 Å². The molecule has 84 valence electrons. The van der Waals surface area contributed by atoms with E-state index < -0.39 is 5.97 Å².